The fourth-order valence-corrected chi connectivity index (χ4v) is 6.14. The number of anilines is 1. The Bertz CT molecular complexity index is 1380. The zero-order valence-corrected chi connectivity index (χ0v) is 25.4. The molecule has 1 fully saturated rings. The number of nitrogens with one attached hydrogen (secondary N) is 1. The second-order valence-corrected chi connectivity index (χ2v) is 11.9. The van der Waals surface area contributed by atoms with Crippen LogP contribution in [-0.4, -0.2) is 43.9 Å². The standard InChI is InChI=1S/C31H38N4O4S2/c1-22-24(28(34(2)29(38)25(22)21-32)33-18-17-23-14-10-9-11-15-23)20-26-30(39)35(31(40)41-26)19-13-8-6-4-3-5-7-12-16-27(36)37/h9-11,14-15,20,33H,3-8,12-13,16-19H2,1-2H3,(H,36,37)/b26-20+. The minimum atomic E-state index is -0.733. The van der Waals surface area contributed by atoms with E-state index in [0.717, 1.165) is 63.4 Å². The molecule has 2 heterocycles. The van der Waals surface area contributed by atoms with E-state index in [1.54, 1.807) is 24.9 Å². The quantitative estimate of drug-likeness (QED) is 0.138. The third-order valence-electron chi connectivity index (χ3n) is 7.22. The lowest BCUT2D eigenvalue weighted by atomic mass is 10.0. The molecule has 0 saturated carbocycles. The number of aliphatic carboxylic acids is 1. The number of hydrogen-bond acceptors (Lipinski definition) is 7. The predicted molar refractivity (Wildman–Crippen MR) is 169 cm³/mol. The fraction of sp³-hybridized carbons (Fsp3) is 0.452. The van der Waals surface area contributed by atoms with Crippen molar-refractivity contribution in [1.82, 2.24) is 9.47 Å². The van der Waals surface area contributed by atoms with Crippen molar-refractivity contribution in [3.8, 4) is 6.07 Å². The van der Waals surface area contributed by atoms with E-state index in [9.17, 15) is 19.6 Å². The Labute approximate surface area is 251 Å². The number of benzene rings is 1. The number of carboxylic acid groups (broad SMARTS) is 1. The smallest absolute Gasteiger partial charge is 0.303 e. The summed E-state index contributed by atoms with van der Waals surface area (Å²) in [5, 5.41) is 21.7. The SMILES string of the molecule is Cc1c(/C=C2/SC(=S)N(CCCCCCCCCCC(=O)O)C2=O)c(NCCc2ccccc2)n(C)c(=O)c1C#N. The summed E-state index contributed by atoms with van der Waals surface area (Å²) in [6.45, 7) is 2.87. The van der Waals surface area contributed by atoms with E-state index >= 15 is 0 Å². The Kier molecular flexibility index (Phi) is 12.6. The number of thioether (sulfide) groups is 1. The van der Waals surface area contributed by atoms with Gasteiger partial charge in [-0.2, -0.15) is 5.26 Å². The van der Waals surface area contributed by atoms with Crippen molar-refractivity contribution in [3.05, 3.63) is 67.8 Å². The third kappa shape index (κ3) is 9.03. The van der Waals surface area contributed by atoms with Crippen molar-refractivity contribution in [1.29, 1.82) is 5.26 Å². The van der Waals surface area contributed by atoms with E-state index in [4.69, 9.17) is 17.3 Å². The van der Waals surface area contributed by atoms with Gasteiger partial charge in [-0.3, -0.25) is 23.9 Å². The third-order valence-corrected chi connectivity index (χ3v) is 8.60. The summed E-state index contributed by atoms with van der Waals surface area (Å²) in [6.07, 6.45) is 10.6. The summed E-state index contributed by atoms with van der Waals surface area (Å²) in [6, 6.07) is 12.1. The van der Waals surface area contributed by atoms with Gasteiger partial charge in [-0.05, 0) is 43.4 Å². The lowest BCUT2D eigenvalue weighted by molar-refractivity contribution is -0.137. The summed E-state index contributed by atoms with van der Waals surface area (Å²) in [4.78, 5) is 38.9. The first-order valence-corrected chi connectivity index (χ1v) is 15.4. The highest BCUT2D eigenvalue weighted by molar-refractivity contribution is 8.26. The molecular formula is C31H38N4O4S2. The van der Waals surface area contributed by atoms with Crippen molar-refractivity contribution < 1.29 is 14.7 Å². The van der Waals surface area contributed by atoms with Gasteiger partial charge >= 0.3 is 5.97 Å². The van der Waals surface area contributed by atoms with Crippen molar-refractivity contribution in [2.45, 2.75) is 71.1 Å². The molecule has 10 heteroatoms. The number of rotatable bonds is 16. The van der Waals surface area contributed by atoms with Gasteiger partial charge < -0.3 is 10.4 Å². The predicted octanol–water partition coefficient (Wildman–Crippen LogP) is 6.02. The number of carboxylic acids is 1. The van der Waals surface area contributed by atoms with Crippen LogP contribution in [0.25, 0.3) is 6.08 Å². The van der Waals surface area contributed by atoms with Crippen LogP contribution in [0.4, 0.5) is 5.82 Å². The molecule has 3 rings (SSSR count). The summed E-state index contributed by atoms with van der Waals surface area (Å²) >= 11 is 6.79. The number of nitriles is 1. The van der Waals surface area contributed by atoms with Gasteiger partial charge in [0, 0.05) is 32.1 Å². The van der Waals surface area contributed by atoms with Crippen LogP contribution in [-0.2, 0) is 23.1 Å². The number of carbonyl (C=O) groups is 2. The van der Waals surface area contributed by atoms with Gasteiger partial charge in [0.25, 0.3) is 11.5 Å². The molecule has 41 heavy (non-hydrogen) atoms. The average Bonchev–Trinajstić information content (AvgIpc) is 3.22. The van der Waals surface area contributed by atoms with Crippen LogP contribution in [0.3, 0.4) is 0 Å². The van der Waals surface area contributed by atoms with Gasteiger partial charge in [-0.1, -0.05) is 92.8 Å². The molecule has 218 valence electrons. The minimum absolute atomic E-state index is 0.0599. The summed E-state index contributed by atoms with van der Waals surface area (Å²) in [7, 11) is 1.63. The monoisotopic (exact) mass is 594 g/mol. The van der Waals surface area contributed by atoms with E-state index in [2.05, 4.69) is 5.32 Å². The van der Waals surface area contributed by atoms with Crippen LogP contribution < -0.4 is 10.9 Å². The van der Waals surface area contributed by atoms with Gasteiger partial charge in [-0.25, -0.2) is 0 Å². The highest BCUT2D eigenvalue weighted by Gasteiger charge is 2.32. The van der Waals surface area contributed by atoms with Gasteiger partial charge in [0.15, 0.2) is 0 Å². The Morgan fingerprint density at radius 2 is 1.71 bits per heavy atom. The fourth-order valence-electron chi connectivity index (χ4n) is 4.85. The number of aromatic nitrogens is 1. The average molecular weight is 595 g/mol. The molecule has 8 nitrogen and oxygen atoms in total. The van der Waals surface area contributed by atoms with E-state index < -0.39 is 5.97 Å². The first-order chi connectivity index (χ1) is 19.7. The number of hydrogen-bond donors (Lipinski definition) is 2. The van der Waals surface area contributed by atoms with E-state index in [-0.39, 0.29) is 23.5 Å². The Morgan fingerprint density at radius 3 is 2.34 bits per heavy atom. The number of thiocarbonyl (C=S) groups is 1. The molecule has 1 amide bonds. The Hall–Kier alpha value is -3.42. The number of amides is 1. The Morgan fingerprint density at radius 1 is 1.07 bits per heavy atom. The normalized spacial score (nSPS) is 14.1. The van der Waals surface area contributed by atoms with Gasteiger partial charge in [0.1, 0.15) is 21.8 Å². The maximum atomic E-state index is 13.3. The molecule has 1 saturated heterocycles. The molecule has 1 aromatic heterocycles. The first kappa shape index (κ1) is 32.1. The molecule has 1 aliphatic heterocycles. The molecule has 0 bridgehead atoms. The molecule has 0 radical (unpaired) electrons. The lowest BCUT2D eigenvalue weighted by Crippen LogP contribution is -2.29. The summed E-state index contributed by atoms with van der Waals surface area (Å²) < 4.78 is 1.95. The van der Waals surface area contributed by atoms with Gasteiger partial charge in [-0.15, -0.1) is 0 Å². The first-order valence-electron chi connectivity index (χ1n) is 14.1. The minimum Gasteiger partial charge on any atom is -0.481 e. The van der Waals surface area contributed by atoms with Crippen molar-refractivity contribution in [3.63, 3.8) is 0 Å². The van der Waals surface area contributed by atoms with E-state index in [1.807, 2.05) is 36.4 Å². The largest absolute Gasteiger partial charge is 0.481 e. The Balaban J connectivity index is 1.63. The molecule has 1 aromatic carbocycles. The number of unbranched alkanes of at least 4 members (excludes halogenated alkanes) is 7. The van der Waals surface area contributed by atoms with Crippen LogP contribution in [0.5, 0.6) is 0 Å². The van der Waals surface area contributed by atoms with Crippen molar-refractivity contribution >= 4 is 52.1 Å². The highest BCUT2D eigenvalue weighted by atomic mass is 32.2. The van der Waals surface area contributed by atoms with Crippen LogP contribution in [0.15, 0.2) is 40.0 Å². The number of pyridine rings is 1. The van der Waals surface area contributed by atoms with E-state index in [1.165, 1.54) is 16.3 Å². The van der Waals surface area contributed by atoms with Crippen LogP contribution in [0, 0.1) is 18.3 Å². The van der Waals surface area contributed by atoms with Crippen molar-refractivity contribution in [2.75, 3.05) is 18.4 Å². The van der Waals surface area contributed by atoms with Crippen LogP contribution >= 0.6 is 24.0 Å². The topological polar surface area (TPSA) is 115 Å². The lowest BCUT2D eigenvalue weighted by Gasteiger charge is -2.18. The van der Waals surface area contributed by atoms with E-state index in [0.29, 0.717) is 39.3 Å². The van der Waals surface area contributed by atoms with Gasteiger partial charge in [0.2, 0.25) is 0 Å². The van der Waals surface area contributed by atoms with Crippen LogP contribution in [0.2, 0.25) is 0 Å². The summed E-state index contributed by atoms with van der Waals surface area (Å²) in [5.74, 6) is -0.320. The van der Waals surface area contributed by atoms with Gasteiger partial charge in [0.05, 0.1) is 4.91 Å². The zero-order valence-electron chi connectivity index (χ0n) is 23.8. The maximum absolute atomic E-state index is 13.3. The molecule has 2 N–H and O–H groups in total. The zero-order chi connectivity index (χ0) is 29.8. The molecular weight excluding hydrogens is 556 g/mol. The highest BCUT2D eigenvalue weighted by Crippen LogP contribution is 2.35. The summed E-state index contributed by atoms with van der Waals surface area (Å²) in [5.41, 5.74) is 2.02. The number of carbonyl (C=O) groups excluding carboxylic acids is 1. The molecule has 0 aliphatic carbocycles. The number of nitrogens with zero attached hydrogens (tertiary/aromatic N) is 3. The second-order valence-electron chi connectivity index (χ2n) is 10.2. The molecule has 2 aromatic rings. The molecule has 0 unspecified atom stereocenters. The maximum Gasteiger partial charge on any atom is 0.303 e. The van der Waals surface area contributed by atoms with Crippen LogP contribution in [0.1, 0.15) is 80.0 Å². The molecule has 0 atom stereocenters. The molecule has 0 spiro atoms. The van der Waals surface area contributed by atoms with Crippen molar-refractivity contribution in [2.24, 2.45) is 7.05 Å². The second kappa shape index (κ2) is 16.1. The molecule has 1 aliphatic rings.